The maximum atomic E-state index is 13.5. The molecule has 7 heteroatoms. The Morgan fingerprint density at radius 1 is 1.03 bits per heavy atom. The summed E-state index contributed by atoms with van der Waals surface area (Å²) in [6.45, 7) is 6.26. The highest BCUT2D eigenvalue weighted by Gasteiger charge is 2.34. The van der Waals surface area contributed by atoms with Crippen LogP contribution in [0.4, 0.5) is 0 Å². The van der Waals surface area contributed by atoms with Crippen molar-refractivity contribution in [2.24, 2.45) is 11.8 Å². The lowest BCUT2D eigenvalue weighted by atomic mass is 9.94. The maximum absolute atomic E-state index is 13.5. The molecule has 6 nitrogen and oxygen atoms in total. The largest absolute Gasteiger partial charge is 0.495 e. The van der Waals surface area contributed by atoms with Crippen molar-refractivity contribution in [1.29, 1.82) is 0 Å². The van der Waals surface area contributed by atoms with Crippen molar-refractivity contribution in [2.45, 2.75) is 38.1 Å². The fourth-order valence-corrected chi connectivity index (χ4v) is 6.67. The number of benzene rings is 2. The number of ether oxygens (including phenoxy) is 1. The number of fused-ring (bicyclic) bond motifs is 1. The Hall–Kier alpha value is -2.38. The minimum Gasteiger partial charge on any atom is -0.495 e. The number of methoxy groups -OCH3 is 1. The van der Waals surface area contributed by atoms with Gasteiger partial charge in [0.1, 0.15) is 10.6 Å². The molecule has 2 aromatic rings. The molecule has 0 bridgehead atoms. The smallest absolute Gasteiger partial charge is 0.254 e. The summed E-state index contributed by atoms with van der Waals surface area (Å²) in [6, 6.07) is 12.9. The number of piperidine rings is 1. The average Bonchev–Trinajstić information content (AvgIpc) is 2.77. The number of amides is 1. The van der Waals surface area contributed by atoms with Gasteiger partial charge in [-0.3, -0.25) is 4.79 Å². The normalized spacial score (nSPS) is 22.1. The Labute approximate surface area is 184 Å². The maximum Gasteiger partial charge on any atom is 0.254 e. The molecule has 0 spiro atoms. The molecule has 0 N–H and O–H groups in total. The van der Waals surface area contributed by atoms with Crippen molar-refractivity contribution in [3.63, 3.8) is 0 Å². The average molecular weight is 443 g/mol. The molecule has 2 aromatic carbocycles. The first kappa shape index (κ1) is 21.8. The van der Waals surface area contributed by atoms with Gasteiger partial charge < -0.3 is 9.64 Å². The summed E-state index contributed by atoms with van der Waals surface area (Å²) in [7, 11) is -2.31. The quantitative estimate of drug-likeness (QED) is 0.726. The third-order valence-corrected chi connectivity index (χ3v) is 8.13. The van der Waals surface area contributed by atoms with E-state index in [1.807, 2.05) is 18.2 Å². The summed E-state index contributed by atoms with van der Waals surface area (Å²) in [6.07, 6.45) is 1.81. The molecule has 2 aliphatic rings. The van der Waals surface area contributed by atoms with Gasteiger partial charge >= 0.3 is 0 Å². The number of carbonyl (C=O) groups excluding carboxylic acids is 1. The van der Waals surface area contributed by atoms with Crippen molar-refractivity contribution in [3.8, 4) is 5.75 Å². The van der Waals surface area contributed by atoms with Crippen LogP contribution in [-0.2, 0) is 23.0 Å². The monoisotopic (exact) mass is 442 g/mol. The van der Waals surface area contributed by atoms with Crippen LogP contribution in [0.25, 0.3) is 0 Å². The Bertz CT molecular complexity index is 1070. The van der Waals surface area contributed by atoms with Crippen LogP contribution in [0.5, 0.6) is 5.75 Å². The second-order valence-corrected chi connectivity index (χ2v) is 10.8. The molecule has 0 saturated carbocycles. The molecule has 1 saturated heterocycles. The second-order valence-electron chi connectivity index (χ2n) is 8.88. The molecular formula is C24H30N2O4S. The molecule has 0 aromatic heterocycles. The first-order chi connectivity index (χ1) is 14.8. The first-order valence-electron chi connectivity index (χ1n) is 10.8. The molecule has 2 aliphatic heterocycles. The van der Waals surface area contributed by atoms with Gasteiger partial charge in [0.15, 0.2) is 0 Å². The fraction of sp³-hybridized carbons (Fsp3) is 0.458. The fourth-order valence-electron chi connectivity index (χ4n) is 4.80. The highest BCUT2D eigenvalue weighted by Crippen LogP contribution is 2.32. The summed E-state index contributed by atoms with van der Waals surface area (Å²) in [5, 5.41) is 0. The molecule has 166 valence electrons. The van der Waals surface area contributed by atoms with E-state index >= 15 is 0 Å². The van der Waals surface area contributed by atoms with Crippen molar-refractivity contribution in [2.75, 3.05) is 26.7 Å². The Morgan fingerprint density at radius 2 is 1.71 bits per heavy atom. The van der Waals surface area contributed by atoms with Gasteiger partial charge in [0.05, 0.1) is 7.11 Å². The van der Waals surface area contributed by atoms with Crippen LogP contribution in [0.3, 0.4) is 0 Å². The molecule has 2 unspecified atom stereocenters. The van der Waals surface area contributed by atoms with E-state index < -0.39 is 10.0 Å². The molecule has 0 aliphatic carbocycles. The lowest BCUT2D eigenvalue weighted by Gasteiger charge is -2.34. The van der Waals surface area contributed by atoms with Crippen LogP contribution in [0.2, 0.25) is 0 Å². The van der Waals surface area contributed by atoms with Gasteiger partial charge in [0.25, 0.3) is 5.91 Å². The van der Waals surface area contributed by atoms with Gasteiger partial charge in [-0.25, -0.2) is 8.42 Å². The number of hydrogen-bond donors (Lipinski definition) is 0. The van der Waals surface area contributed by atoms with Crippen molar-refractivity contribution >= 4 is 15.9 Å². The lowest BCUT2D eigenvalue weighted by Crippen LogP contribution is -2.42. The Kier molecular flexibility index (Phi) is 6.08. The molecule has 31 heavy (non-hydrogen) atoms. The van der Waals surface area contributed by atoms with E-state index in [9.17, 15) is 13.2 Å². The van der Waals surface area contributed by atoms with Crippen LogP contribution < -0.4 is 4.74 Å². The van der Waals surface area contributed by atoms with Gasteiger partial charge in [0.2, 0.25) is 10.0 Å². The summed E-state index contributed by atoms with van der Waals surface area (Å²) in [5.41, 5.74) is 2.77. The zero-order valence-electron chi connectivity index (χ0n) is 18.4. The second kappa shape index (κ2) is 8.63. The minimum absolute atomic E-state index is 0.0690. The molecular weight excluding hydrogens is 412 g/mol. The molecule has 1 fully saturated rings. The molecule has 4 rings (SSSR count). The predicted molar refractivity (Wildman–Crippen MR) is 120 cm³/mol. The van der Waals surface area contributed by atoms with E-state index in [4.69, 9.17) is 4.74 Å². The minimum atomic E-state index is -3.77. The van der Waals surface area contributed by atoms with E-state index in [0.717, 1.165) is 18.4 Å². The molecule has 2 atom stereocenters. The topological polar surface area (TPSA) is 66.9 Å². The summed E-state index contributed by atoms with van der Waals surface area (Å²) in [5.74, 6) is 0.700. The van der Waals surface area contributed by atoms with Crippen LogP contribution in [0.1, 0.15) is 41.8 Å². The van der Waals surface area contributed by atoms with Crippen molar-refractivity contribution in [3.05, 3.63) is 59.2 Å². The van der Waals surface area contributed by atoms with Crippen LogP contribution in [-0.4, -0.2) is 50.3 Å². The highest BCUT2D eigenvalue weighted by atomic mass is 32.2. The van der Waals surface area contributed by atoms with Gasteiger partial charge in [-0.2, -0.15) is 4.31 Å². The number of rotatable bonds is 4. The van der Waals surface area contributed by atoms with E-state index in [0.29, 0.717) is 43.6 Å². The van der Waals surface area contributed by atoms with Crippen LogP contribution >= 0.6 is 0 Å². The zero-order chi connectivity index (χ0) is 22.2. The SMILES string of the molecule is COc1ccc(C(=O)N2CCc3ccccc3C2)cc1S(=O)(=O)N1CC(C)CC(C)C1. The predicted octanol–water partition coefficient (Wildman–Crippen LogP) is 3.56. The van der Waals surface area contributed by atoms with Gasteiger partial charge in [0, 0.05) is 31.7 Å². The molecule has 0 radical (unpaired) electrons. The Morgan fingerprint density at radius 3 is 2.39 bits per heavy atom. The van der Waals surface area contributed by atoms with Crippen molar-refractivity contribution < 1.29 is 17.9 Å². The lowest BCUT2D eigenvalue weighted by molar-refractivity contribution is 0.0734. The number of sulfonamides is 1. The van der Waals surface area contributed by atoms with E-state index in [-0.39, 0.29) is 16.6 Å². The summed E-state index contributed by atoms with van der Waals surface area (Å²) < 4.78 is 33.9. The standard InChI is InChI=1S/C24H30N2O4S/c1-17-12-18(2)15-26(14-17)31(28,29)23-13-20(8-9-22(23)30-3)24(27)25-11-10-19-6-4-5-7-21(19)16-25/h4-9,13,17-18H,10-12,14-16H2,1-3H3. The third-order valence-electron chi connectivity index (χ3n) is 6.28. The zero-order valence-corrected chi connectivity index (χ0v) is 19.2. The third kappa shape index (κ3) is 4.34. The number of hydrogen-bond acceptors (Lipinski definition) is 4. The van der Waals surface area contributed by atoms with Gasteiger partial charge in [-0.05, 0) is 54.0 Å². The van der Waals surface area contributed by atoms with Crippen LogP contribution in [0, 0.1) is 11.8 Å². The first-order valence-corrected chi connectivity index (χ1v) is 12.3. The number of nitrogens with zero attached hydrogens (tertiary/aromatic N) is 2. The van der Waals surface area contributed by atoms with Gasteiger partial charge in [-0.1, -0.05) is 38.1 Å². The van der Waals surface area contributed by atoms with Crippen molar-refractivity contribution in [1.82, 2.24) is 9.21 Å². The summed E-state index contributed by atoms with van der Waals surface area (Å²) in [4.78, 5) is 15.1. The highest BCUT2D eigenvalue weighted by molar-refractivity contribution is 7.89. The van der Waals surface area contributed by atoms with E-state index in [1.165, 1.54) is 23.0 Å². The Balaban J connectivity index is 1.64. The molecule has 2 heterocycles. The van der Waals surface area contributed by atoms with Gasteiger partial charge in [-0.15, -0.1) is 0 Å². The van der Waals surface area contributed by atoms with E-state index in [1.54, 1.807) is 17.0 Å². The van der Waals surface area contributed by atoms with Crippen LogP contribution in [0.15, 0.2) is 47.4 Å². The molecule has 1 amide bonds. The summed E-state index contributed by atoms with van der Waals surface area (Å²) >= 11 is 0. The van der Waals surface area contributed by atoms with E-state index in [2.05, 4.69) is 19.9 Å². The number of carbonyl (C=O) groups is 1.